The van der Waals surface area contributed by atoms with E-state index in [0.29, 0.717) is 23.7 Å². The van der Waals surface area contributed by atoms with Crippen molar-refractivity contribution in [3.63, 3.8) is 0 Å². The van der Waals surface area contributed by atoms with Crippen LogP contribution in [0.5, 0.6) is 0 Å². The highest BCUT2D eigenvalue weighted by Gasteiger charge is 2.34. The van der Waals surface area contributed by atoms with Crippen molar-refractivity contribution >= 4 is 17.3 Å². The minimum absolute atomic E-state index is 0.102. The van der Waals surface area contributed by atoms with E-state index in [1.54, 1.807) is 6.07 Å². The summed E-state index contributed by atoms with van der Waals surface area (Å²) in [5, 5.41) is 5.88. The van der Waals surface area contributed by atoms with Crippen LogP contribution < -0.4 is 10.6 Å². The number of aromatic nitrogens is 2. The van der Waals surface area contributed by atoms with Crippen LogP contribution in [0.2, 0.25) is 0 Å². The van der Waals surface area contributed by atoms with E-state index in [1.807, 2.05) is 0 Å². The van der Waals surface area contributed by atoms with Crippen molar-refractivity contribution in [3.05, 3.63) is 42.0 Å². The Morgan fingerprint density at radius 2 is 1.77 bits per heavy atom. The summed E-state index contributed by atoms with van der Waals surface area (Å²) >= 11 is 0. The lowest BCUT2D eigenvalue weighted by Gasteiger charge is -2.12. The number of alkyl halides is 3. The Balaban J connectivity index is 1.80. The molecule has 3 rings (SSSR count). The highest BCUT2D eigenvalue weighted by molar-refractivity contribution is 5.60. The number of rotatable bonds is 4. The average Bonchev–Trinajstić information content (AvgIpc) is 3.24. The fourth-order valence-electron chi connectivity index (χ4n) is 1.91. The molecule has 0 unspecified atom stereocenters. The van der Waals surface area contributed by atoms with Crippen LogP contribution in [0.15, 0.2) is 30.6 Å². The van der Waals surface area contributed by atoms with Gasteiger partial charge in [0.25, 0.3) is 0 Å². The summed E-state index contributed by atoms with van der Waals surface area (Å²) < 4.78 is 51.3. The van der Waals surface area contributed by atoms with Crippen molar-refractivity contribution in [1.29, 1.82) is 0 Å². The Kier molecular flexibility index (Phi) is 3.59. The Bertz CT molecular complexity index is 683. The van der Waals surface area contributed by atoms with Gasteiger partial charge in [-0.1, -0.05) is 0 Å². The normalized spacial score (nSPS) is 14.7. The quantitative estimate of drug-likeness (QED) is 0.839. The fourth-order valence-corrected chi connectivity index (χ4v) is 1.91. The maximum absolute atomic E-state index is 13.2. The van der Waals surface area contributed by atoms with E-state index in [9.17, 15) is 17.6 Å². The number of halogens is 4. The van der Waals surface area contributed by atoms with Crippen LogP contribution in [0.4, 0.5) is 34.9 Å². The molecule has 0 bridgehead atoms. The lowest BCUT2D eigenvalue weighted by Crippen LogP contribution is -2.09. The smallest absolute Gasteiger partial charge is 0.367 e. The number of hydrogen-bond donors (Lipinski definition) is 2. The summed E-state index contributed by atoms with van der Waals surface area (Å²) in [4.78, 5) is 7.97. The van der Waals surface area contributed by atoms with E-state index in [4.69, 9.17) is 0 Å². The second-order valence-electron chi connectivity index (χ2n) is 5.02. The van der Waals surface area contributed by atoms with Crippen molar-refractivity contribution in [1.82, 2.24) is 9.97 Å². The second kappa shape index (κ2) is 5.43. The summed E-state index contributed by atoms with van der Waals surface area (Å²) in [6.45, 7) is 0. The van der Waals surface area contributed by atoms with Gasteiger partial charge in [0.2, 0.25) is 0 Å². The molecule has 1 aliphatic carbocycles. The van der Waals surface area contributed by atoms with Gasteiger partial charge in [0, 0.05) is 17.8 Å². The summed E-state index contributed by atoms with van der Waals surface area (Å²) in [6.07, 6.45) is -1.30. The van der Waals surface area contributed by atoms with Crippen LogP contribution in [-0.4, -0.2) is 16.0 Å². The van der Waals surface area contributed by atoms with Crippen LogP contribution in [-0.2, 0) is 6.18 Å². The first-order valence-electron chi connectivity index (χ1n) is 6.64. The molecule has 1 aromatic heterocycles. The Hall–Kier alpha value is -2.38. The molecular weight excluding hydrogens is 300 g/mol. The monoisotopic (exact) mass is 312 g/mol. The molecule has 22 heavy (non-hydrogen) atoms. The van der Waals surface area contributed by atoms with Gasteiger partial charge in [-0.3, -0.25) is 0 Å². The molecule has 1 aromatic carbocycles. The van der Waals surface area contributed by atoms with Gasteiger partial charge in [-0.25, -0.2) is 14.4 Å². The first-order valence-corrected chi connectivity index (χ1v) is 6.64. The minimum Gasteiger partial charge on any atom is -0.367 e. The molecule has 2 aromatic rings. The first kappa shape index (κ1) is 14.6. The van der Waals surface area contributed by atoms with Crippen molar-refractivity contribution in [2.45, 2.75) is 25.1 Å². The van der Waals surface area contributed by atoms with Gasteiger partial charge < -0.3 is 10.6 Å². The lowest BCUT2D eigenvalue weighted by atomic mass is 10.2. The molecule has 1 aliphatic rings. The van der Waals surface area contributed by atoms with Crippen molar-refractivity contribution < 1.29 is 17.6 Å². The van der Waals surface area contributed by atoms with Crippen LogP contribution in [0.25, 0.3) is 0 Å². The number of anilines is 3. The number of nitrogens with zero attached hydrogens (tertiary/aromatic N) is 2. The molecular formula is C14H12F4N4. The van der Waals surface area contributed by atoms with Gasteiger partial charge in [-0.15, -0.1) is 0 Å². The van der Waals surface area contributed by atoms with E-state index in [1.165, 1.54) is 12.4 Å². The minimum atomic E-state index is -4.74. The molecule has 0 atom stereocenters. The third-order valence-electron chi connectivity index (χ3n) is 3.14. The molecule has 0 aliphatic heterocycles. The highest BCUT2D eigenvalue weighted by atomic mass is 19.4. The zero-order valence-corrected chi connectivity index (χ0v) is 11.3. The maximum atomic E-state index is 13.2. The van der Waals surface area contributed by atoms with Crippen LogP contribution in [0.1, 0.15) is 18.4 Å². The zero-order valence-electron chi connectivity index (χ0n) is 11.3. The number of nitrogens with one attached hydrogen (secondary N) is 2. The molecule has 0 spiro atoms. The molecule has 2 N–H and O–H groups in total. The third-order valence-corrected chi connectivity index (χ3v) is 3.14. The maximum Gasteiger partial charge on any atom is 0.419 e. The van der Waals surface area contributed by atoms with Crippen LogP contribution in [0, 0.1) is 5.82 Å². The third kappa shape index (κ3) is 3.44. The van der Waals surface area contributed by atoms with E-state index >= 15 is 0 Å². The second-order valence-corrected chi connectivity index (χ2v) is 5.02. The largest absolute Gasteiger partial charge is 0.419 e. The van der Waals surface area contributed by atoms with E-state index in [2.05, 4.69) is 20.6 Å². The molecule has 4 nitrogen and oxygen atoms in total. The van der Waals surface area contributed by atoms with Gasteiger partial charge in [0.15, 0.2) is 0 Å². The summed E-state index contributed by atoms with van der Waals surface area (Å²) in [5.41, 5.74) is -1.22. The molecule has 0 radical (unpaired) electrons. The molecule has 0 saturated heterocycles. The molecule has 1 heterocycles. The van der Waals surface area contributed by atoms with E-state index < -0.39 is 17.6 Å². The Morgan fingerprint density at radius 1 is 1.05 bits per heavy atom. The summed E-state index contributed by atoms with van der Waals surface area (Å²) in [6, 6.07) is 4.70. The van der Waals surface area contributed by atoms with E-state index in [0.717, 1.165) is 18.9 Å². The topological polar surface area (TPSA) is 49.8 Å². The predicted molar refractivity (Wildman–Crippen MR) is 73.4 cm³/mol. The SMILES string of the molecule is Fc1ccc(Nc2cc(NC3CC3)ncn2)cc1C(F)(F)F. The predicted octanol–water partition coefficient (Wildman–Crippen LogP) is 3.95. The molecule has 116 valence electrons. The number of benzene rings is 1. The summed E-state index contributed by atoms with van der Waals surface area (Å²) in [7, 11) is 0. The zero-order chi connectivity index (χ0) is 15.7. The summed E-state index contributed by atoms with van der Waals surface area (Å²) in [5.74, 6) is -0.382. The molecule has 1 saturated carbocycles. The fraction of sp³-hybridized carbons (Fsp3) is 0.286. The van der Waals surface area contributed by atoms with Crippen molar-refractivity contribution in [2.24, 2.45) is 0 Å². The van der Waals surface area contributed by atoms with Crippen molar-refractivity contribution in [2.75, 3.05) is 10.6 Å². The average molecular weight is 312 g/mol. The van der Waals surface area contributed by atoms with Gasteiger partial charge in [-0.2, -0.15) is 13.2 Å². The van der Waals surface area contributed by atoms with Crippen molar-refractivity contribution in [3.8, 4) is 0 Å². The van der Waals surface area contributed by atoms with Gasteiger partial charge >= 0.3 is 6.18 Å². The highest BCUT2D eigenvalue weighted by Crippen LogP contribution is 2.33. The van der Waals surface area contributed by atoms with E-state index in [-0.39, 0.29) is 5.69 Å². The van der Waals surface area contributed by atoms with Crippen LogP contribution in [0.3, 0.4) is 0 Å². The molecule has 0 amide bonds. The molecule has 8 heteroatoms. The lowest BCUT2D eigenvalue weighted by molar-refractivity contribution is -0.139. The Labute approximate surface area is 123 Å². The molecule has 1 fully saturated rings. The van der Waals surface area contributed by atoms with Gasteiger partial charge in [-0.05, 0) is 31.0 Å². The van der Waals surface area contributed by atoms with Gasteiger partial charge in [0.1, 0.15) is 23.8 Å². The number of hydrogen-bond acceptors (Lipinski definition) is 4. The Morgan fingerprint density at radius 3 is 2.45 bits per heavy atom. The van der Waals surface area contributed by atoms with Gasteiger partial charge in [0.05, 0.1) is 5.56 Å². The standard InChI is InChI=1S/C14H12F4N4/c15-11-4-3-9(5-10(11)14(16,17)18)22-13-6-12(19-7-20-13)21-8-1-2-8/h3-8H,1-2H2,(H2,19,20,21,22). The first-order chi connectivity index (χ1) is 10.4. The van der Waals surface area contributed by atoms with Crippen LogP contribution >= 0.6 is 0 Å².